The number of aryl methyl sites for hydroxylation is 1. The Kier molecular flexibility index (Phi) is 6.08. The summed E-state index contributed by atoms with van der Waals surface area (Å²) in [6, 6.07) is 8.01. The van der Waals surface area contributed by atoms with Crippen LogP contribution in [0.1, 0.15) is 36.8 Å². The zero-order valence-electron chi connectivity index (χ0n) is 15.1. The van der Waals surface area contributed by atoms with Crippen LogP contribution in [-0.4, -0.2) is 60.5 Å². The molecule has 1 aromatic carbocycles. The summed E-state index contributed by atoms with van der Waals surface area (Å²) in [4.78, 5) is 28.6. The Bertz CT molecular complexity index is 603. The lowest BCUT2D eigenvalue weighted by molar-refractivity contribution is -0.139. The standard InChI is InChI=1S/C20H28N2O3/c1-16-5-2-3-6-17(16)15-20(24)22-12-10-21(11-13-22)19(23)9-8-18-7-4-14-25-18/h2-3,5-6,18H,4,7-15H2,1H3/t18-/m0/s1. The fourth-order valence-corrected chi connectivity index (χ4v) is 3.60. The van der Waals surface area contributed by atoms with Gasteiger partial charge in [0, 0.05) is 39.2 Å². The summed E-state index contributed by atoms with van der Waals surface area (Å²) in [7, 11) is 0. The first kappa shape index (κ1) is 17.9. The van der Waals surface area contributed by atoms with Gasteiger partial charge in [-0.05, 0) is 37.3 Å². The highest BCUT2D eigenvalue weighted by Crippen LogP contribution is 2.18. The molecule has 3 rings (SSSR count). The molecule has 0 aromatic heterocycles. The van der Waals surface area contributed by atoms with E-state index in [1.54, 1.807) is 0 Å². The van der Waals surface area contributed by atoms with Crippen LogP contribution >= 0.6 is 0 Å². The molecule has 25 heavy (non-hydrogen) atoms. The number of amides is 2. The Hall–Kier alpha value is -1.88. The Labute approximate surface area is 149 Å². The summed E-state index contributed by atoms with van der Waals surface area (Å²) in [6.07, 6.45) is 4.28. The molecule has 2 heterocycles. The SMILES string of the molecule is Cc1ccccc1CC(=O)N1CCN(C(=O)CC[C@@H]2CCCO2)CC1. The van der Waals surface area contributed by atoms with Gasteiger partial charge in [-0.3, -0.25) is 9.59 Å². The molecule has 2 aliphatic rings. The van der Waals surface area contributed by atoms with E-state index in [4.69, 9.17) is 4.74 Å². The van der Waals surface area contributed by atoms with Crippen molar-refractivity contribution < 1.29 is 14.3 Å². The summed E-state index contributed by atoms with van der Waals surface area (Å²) in [5.41, 5.74) is 2.24. The van der Waals surface area contributed by atoms with Crippen molar-refractivity contribution in [2.45, 2.75) is 45.1 Å². The maximum absolute atomic E-state index is 12.5. The van der Waals surface area contributed by atoms with E-state index in [0.29, 0.717) is 39.0 Å². The molecular formula is C20H28N2O3. The molecule has 2 amide bonds. The maximum atomic E-state index is 12.5. The predicted molar refractivity (Wildman–Crippen MR) is 96.3 cm³/mol. The topological polar surface area (TPSA) is 49.9 Å². The molecule has 1 atom stereocenters. The van der Waals surface area contributed by atoms with Gasteiger partial charge in [0.05, 0.1) is 12.5 Å². The number of carbonyl (C=O) groups excluding carboxylic acids is 2. The van der Waals surface area contributed by atoms with Crippen LogP contribution in [0.2, 0.25) is 0 Å². The monoisotopic (exact) mass is 344 g/mol. The molecule has 5 nitrogen and oxygen atoms in total. The van der Waals surface area contributed by atoms with E-state index >= 15 is 0 Å². The number of hydrogen-bond donors (Lipinski definition) is 0. The summed E-state index contributed by atoms with van der Waals surface area (Å²) in [5, 5.41) is 0. The third kappa shape index (κ3) is 4.82. The van der Waals surface area contributed by atoms with Crippen molar-refractivity contribution >= 4 is 11.8 Å². The zero-order chi connectivity index (χ0) is 17.6. The minimum absolute atomic E-state index is 0.153. The Morgan fingerprint density at radius 3 is 2.40 bits per heavy atom. The Morgan fingerprint density at radius 1 is 1.08 bits per heavy atom. The van der Waals surface area contributed by atoms with Crippen LogP contribution in [0.4, 0.5) is 0 Å². The minimum atomic E-state index is 0.153. The quantitative estimate of drug-likeness (QED) is 0.822. The average Bonchev–Trinajstić information content (AvgIpc) is 3.15. The van der Waals surface area contributed by atoms with Crippen molar-refractivity contribution in [2.75, 3.05) is 32.8 Å². The molecule has 0 aliphatic carbocycles. The third-order valence-corrected chi connectivity index (χ3v) is 5.29. The van der Waals surface area contributed by atoms with Crippen molar-refractivity contribution in [1.82, 2.24) is 9.80 Å². The average molecular weight is 344 g/mol. The lowest BCUT2D eigenvalue weighted by atomic mass is 10.1. The number of benzene rings is 1. The normalized spacial score (nSPS) is 20.8. The summed E-state index contributed by atoms with van der Waals surface area (Å²) in [5.74, 6) is 0.349. The highest BCUT2D eigenvalue weighted by atomic mass is 16.5. The van der Waals surface area contributed by atoms with Gasteiger partial charge in [-0.15, -0.1) is 0 Å². The van der Waals surface area contributed by atoms with E-state index in [9.17, 15) is 9.59 Å². The highest BCUT2D eigenvalue weighted by Gasteiger charge is 2.25. The van der Waals surface area contributed by atoms with Crippen LogP contribution in [0.3, 0.4) is 0 Å². The molecule has 2 saturated heterocycles. The van der Waals surface area contributed by atoms with E-state index in [1.807, 2.05) is 41.0 Å². The zero-order valence-corrected chi connectivity index (χ0v) is 15.1. The lowest BCUT2D eigenvalue weighted by Crippen LogP contribution is -2.51. The van der Waals surface area contributed by atoms with Crippen LogP contribution in [0, 0.1) is 6.92 Å². The van der Waals surface area contributed by atoms with Crippen LogP contribution in [0.15, 0.2) is 24.3 Å². The van der Waals surface area contributed by atoms with E-state index in [2.05, 4.69) is 0 Å². The van der Waals surface area contributed by atoms with Gasteiger partial charge in [-0.2, -0.15) is 0 Å². The summed E-state index contributed by atoms with van der Waals surface area (Å²) < 4.78 is 5.58. The number of carbonyl (C=O) groups is 2. The molecule has 2 fully saturated rings. The molecule has 5 heteroatoms. The number of nitrogens with zero attached hydrogens (tertiary/aromatic N) is 2. The molecule has 2 aliphatic heterocycles. The molecule has 0 spiro atoms. The molecule has 0 bridgehead atoms. The van der Waals surface area contributed by atoms with Crippen molar-refractivity contribution in [3.63, 3.8) is 0 Å². The largest absolute Gasteiger partial charge is 0.378 e. The van der Waals surface area contributed by atoms with E-state index in [1.165, 1.54) is 0 Å². The van der Waals surface area contributed by atoms with E-state index in [-0.39, 0.29) is 17.9 Å². The van der Waals surface area contributed by atoms with Gasteiger partial charge in [0.1, 0.15) is 0 Å². The lowest BCUT2D eigenvalue weighted by Gasteiger charge is -2.35. The van der Waals surface area contributed by atoms with Gasteiger partial charge in [0.2, 0.25) is 11.8 Å². The number of piperazine rings is 1. The Balaban J connectivity index is 1.42. The second kappa shape index (κ2) is 8.48. The summed E-state index contributed by atoms with van der Waals surface area (Å²) >= 11 is 0. The molecule has 0 radical (unpaired) electrons. The molecular weight excluding hydrogens is 316 g/mol. The van der Waals surface area contributed by atoms with Crippen molar-refractivity contribution in [3.8, 4) is 0 Å². The first-order chi connectivity index (χ1) is 12.1. The van der Waals surface area contributed by atoms with Gasteiger partial charge in [0.25, 0.3) is 0 Å². The van der Waals surface area contributed by atoms with Crippen molar-refractivity contribution in [2.24, 2.45) is 0 Å². The first-order valence-electron chi connectivity index (χ1n) is 9.35. The molecule has 0 unspecified atom stereocenters. The fourth-order valence-electron chi connectivity index (χ4n) is 3.60. The molecule has 0 N–H and O–H groups in total. The minimum Gasteiger partial charge on any atom is -0.378 e. The third-order valence-electron chi connectivity index (χ3n) is 5.29. The smallest absolute Gasteiger partial charge is 0.227 e. The molecule has 136 valence electrons. The van der Waals surface area contributed by atoms with Gasteiger partial charge in [-0.25, -0.2) is 0 Å². The summed E-state index contributed by atoms with van der Waals surface area (Å²) in [6.45, 7) is 5.42. The van der Waals surface area contributed by atoms with E-state index < -0.39 is 0 Å². The van der Waals surface area contributed by atoms with Crippen molar-refractivity contribution in [1.29, 1.82) is 0 Å². The number of hydrogen-bond acceptors (Lipinski definition) is 3. The second-order valence-electron chi connectivity index (χ2n) is 7.04. The van der Waals surface area contributed by atoms with Gasteiger partial charge in [0.15, 0.2) is 0 Å². The van der Waals surface area contributed by atoms with Crippen LogP contribution < -0.4 is 0 Å². The van der Waals surface area contributed by atoms with Crippen molar-refractivity contribution in [3.05, 3.63) is 35.4 Å². The number of rotatable bonds is 5. The van der Waals surface area contributed by atoms with E-state index in [0.717, 1.165) is 37.0 Å². The van der Waals surface area contributed by atoms with Gasteiger partial charge in [-0.1, -0.05) is 24.3 Å². The second-order valence-corrected chi connectivity index (χ2v) is 7.04. The predicted octanol–water partition coefficient (Wildman–Crippen LogP) is 2.17. The van der Waals surface area contributed by atoms with Crippen LogP contribution in [0.5, 0.6) is 0 Å². The fraction of sp³-hybridized carbons (Fsp3) is 0.600. The molecule has 1 aromatic rings. The first-order valence-corrected chi connectivity index (χ1v) is 9.35. The van der Waals surface area contributed by atoms with Gasteiger partial charge < -0.3 is 14.5 Å². The van der Waals surface area contributed by atoms with Crippen LogP contribution in [-0.2, 0) is 20.7 Å². The molecule has 0 saturated carbocycles. The Morgan fingerprint density at radius 2 is 1.76 bits per heavy atom. The van der Waals surface area contributed by atoms with Gasteiger partial charge >= 0.3 is 0 Å². The highest BCUT2D eigenvalue weighted by molar-refractivity contribution is 5.80. The number of ether oxygens (including phenoxy) is 1. The maximum Gasteiger partial charge on any atom is 0.227 e. The van der Waals surface area contributed by atoms with Crippen LogP contribution in [0.25, 0.3) is 0 Å².